The van der Waals surface area contributed by atoms with Crippen molar-refractivity contribution < 1.29 is 15.0 Å². The second-order valence-corrected chi connectivity index (χ2v) is 4.78. The monoisotopic (exact) mass is 217 g/mol. The van der Waals surface area contributed by atoms with Gasteiger partial charge >= 0.3 is 0 Å². The summed E-state index contributed by atoms with van der Waals surface area (Å²) in [5.41, 5.74) is 5.26. The molecule has 1 fully saturated rings. The number of rotatable bonds is 1. The van der Waals surface area contributed by atoms with Crippen LogP contribution in [0.15, 0.2) is 0 Å². The molecule has 0 unspecified atom stereocenters. The summed E-state index contributed by atoms with van der Waals surface area (Å²) in [6.07, 6.45) is 4.33. The van der Waals surface area contributed by atoms with E-state index in [0.717, 1.165) is 32.6 Å². The van der Waals surface area contributed by atoms with Gasteiger partial charge in [0.1, 0.15) is 0 Å². The van der Waals surface area contributed by atoms with Crippen molar-refractivity contribution in [3.8, 4) is 0 Å². The fourth-order valence-electron chi connectivity index (χ4n) is 1.83. The van der Waals surface area contributed by atoms with Crippen molar-refractivity contribution in [2.45, 2.75) is 58.1 Å². The molecule has 0 heterocycles. The largest absolute Gasteiger partial charge is 0.481 e. The molecule has 4 N–H and O–H groups in total. The van der Waals surface area contributed by atoms with E-state index in [0.29, 0.717) is 12.0 Å². The fraction of sp³-hybridized carbons (Fsp3) is 0.909. The number of carboxylic acids is 1. The molecular formula is C11H23NO3. The maximum absolute atomic E-state index is 9.69. The topological polar surface area (TPSA) is 83.5 Å². The Kier molecular flexibility index (Phi) is 5.83. The summed E-state index contributed by atoms with van der Waals surface area (Å²) in [5, 5.41) is 17.1. The number of carboxylic acid groups (broad SMARTS) is 1. The summed E-state index contributed by atoms with van der Waals surface area (Å²) in [7, 11) is 0. The lowest BCUT2D eigenvalue weighted by atomic mass is 9.77. The number of hydrogen-bond donors (Lipinski definition) is 3. The van der Waals surface area contributed by atoms with Crippen LogP contribution in [-0.4, -0.2) is 27.8 Å². The quantitative estimate of drug-likeness (QED) is 0.619. The normalized spacial score (nSPS) is 26.5. The van der Waals surface area contributed by atoms with Gasteiger partial charge in [-0.2, -0.15) is 0 Å². The Hall–Kier alpha value is -0.610. The minimum Gasteiger partial charge on any atom is -0.481 e. The molecule has 4 heteroatoms. The van der Waals surface area contributed by atoms with Crippen LogP contribution in [-0.2, 0) is 4.79 Å². The zero-order valence-electron chi connectivity index (χ0n) is 9.86. The number of carbonyl (C=O) groups is 1. The van der Waals surface area contributed by atoms with Crippen molar-refractivity contribution >= 4 is 5.97 Å². The first kappa shape index (κ1) is 14.4. The van der Waals surface area contributed by atoms with Gasteiger partial charge in [0.05, 0.1) is 5.60 Å². The Morgan fingerprint density at radius 1 is 1.27 bits per heavy atom. The Morgan fingerprint density at radius 2 is 1.60 bits per heavy atom. The molecule has 0 saturated heterocycles. The van der Waals surface area contributed by atoms with Gasteiger partial charge in [-0.05, 0) is 45.4 Å². The third-order valence-electron chi connectivity index (χ3n) is 2.77. The highest BCUT2D eigenvalue weighted by atomic mass is 16.4. The number of aliphatic carboxylic acids is 1. The van der Waals surface area contributed by atoms with Gasteiger partial charge in [-0.25, -0.2) is 0 Å². The third kappa shape index (κ3) is 7.33. The second kappa shape index (κ2) is 6.08. The predicted octanol–water partition coefficient (Wildman–Crippen LogP) is 1.37. The van der Waals surface area contributed by atoms with E-state index in [1.54, 1.807) is 0 Å². The van der Waals surface area contributed by atoms with Crippen molar-refractivity contribution in [1.29, 1.82) is 0 Å². The lowest BCUT2D eigenvalue weighted by Gasteiger charge is -2.34. The highest BCUT2D eigenvalue weighted by molar-refractivity contribution is 5.62. The Bertz CT molecular complexity index is 186. The van der Waals surface area contributed by atoms with Crippen LogP contribution in [0.3, 0.4) is 0 Å². The molecule has 4 nitrogen and oxygen atoms in total. The van der Waals surface area contributed by atoms with Gasteiger partial charge in [-0.3, -0.25) is 4.79 Å². The highest BCUT2D eigenvalue weighted by Crippen LogP contribution is 2.31. The van der Waals surface area contributed by atoms with E-state index in [1.165, 1.54) is 0 Å². The van der Waals surface area contributed by atoms with E-state index in [2.05, 4.69) is 0 Å². The average Bonchev–Trinajstić information content (AvgIpc) is 2.01. The summed E-state index contributed by atoms with van der Waals surface area (Å²) in [6.45, 7) is 4.88. The first-order chi connectivity index (χ1) is 6.73. The average molecular weight is 217 g/mol. The number of aliphatic hydroxyl groups is 1. The minimum atomic E-state index is -0.833. The molecule has 0 aromatic heterocycles. The van der Waals surface area contributed by atoms with E-state index >= 15 is 0 Å². The van der Waals surface area contributed by atoms with E-state index in [1.807, 2.05) is 13.8 Å². The predicted molar refractivity (Wildman–Crippen MR) is 59.5 cm³/mol. The van der Waals surface area contributed by atoms with Crippen LogP contribution in [0.25, 0.3) is 0 Å². The fourth-order valence-corrected chi connectivity index (χ4v) is 1.83. The van der Waals surface area contributed by atoms with Gasteiger partial charge in [0.15, 0.2) is 0 Å². The van der Waals surface area contributed by atoms with Crippen molar-refractivity contribution in [3.63, 3.8) is 0 Å². The molecule has 0 aromatic rings. The summed E-state index contributed by atoms with van der Waals surface area (Å²) in [6, 6.07) is 0.383. The van der Waals surface area contributed by atoms with Crippen molar-refractivity contribution in [2.75, 3.05) is 0 Å². The number of hydrogen-bond acceptors (Lipinski definition) is 3. The molecule has 0 amide bonds. The third-order valence-corrected chi connectivity index (χ3v) is 2.77. The molecule has 0 radical (unpaired) electrons. The summed E-state index contributed by atoms with van der Waals surface area (Å²) < 4.78 is 0. The van der Waals surface area contributed by atoms with Crippen LogP contribution in [0.1, 0.15) is 46.5 Å². The highest BCUT2D eigenvalue weighted by Gasteiger charge is 2.29. The van der Waals surface area contributed by atoms with Crippen LogP contribution in [0, 0.1) is 5.92 Å². The van der Waals surface area contributed by atoms with Crippen molar-refractivity contribution in [1.82, 2.24) is 0 Å². The molecular weight excluding hydrogens is 194 g/mol. The molecule has 1 saturated carbocycles. The molecule has 0 atom stereocenters. The summed E-state index contributed by atoms with van der Waals surface area (Å²) in [4.78, 5) is 9.00. The molecule has 0 spiro atoms. The zero-order valence-corrected chi connectivity index (χ0v) is 9.86. The molecule has 1 aliphatic carbocycles. The Labute approximate surface area is 91.5 Å². The van der Waals surface area contributed by atoms with Gasteiger partial charge in [0.2, 0.25) is 0 Å². The lowest BCUT2D eigenvalue weighted by molar-refractivity contribution is -0.134. The summed E-state index contributed by atoms with van der Waals surface area (Å²) in [5.74, 6) is -0.373. The molecule has 15 heavy (non-hydrogen) atoms. The van der Waals surface area contributed by atoms with Gasteiger partial charge in [0, 0.05) is 13.0 Å². The molecule has 90 valence electrons. The maximum atomic E-state index is 9.69. The Morgan fingerprint density at radius 3 is 1.87 bits per heavy atom. The van der Waals surface area contributed by atoms with Gasteiger partial charge in [0.25, 0.3) is 5.97 Å². The number of nitrogens with two attached hydrogens (primary N) is 1. The second-order valence-electron chi connectivity index (χ2n) is 4.78. The summed E-state index contributed by atoms with van der Waals surface area (Å²) >= 11 is 0. The van der Waals surface area contributed by atoms with Crippen LogP contribution in [0.4, 0.5) is 0 Å². The lowest BCUT2D eigenvalue weighted by Crippen LogP contribution is -2.37. The molecule has 0 bridgehead atoms. The van der Waals surface area contributed by atoms with Crippen LogP contribution in [0.2, 0.25) is 0 Å². The van der Waals surface area contributed by atoms with E-state index in [9.17, 15) is 5.11 Å². The van der Waals surface area contributed by atoms with Gasteiger partial charge in [-0.1, -0.05) is 0 Å². The van der Waals surface area contributed by atoms with E-state index < -0.39 is 11.6 Å². The van der Waals surface area contributed by atoms with Crippen LogP contribution >= 0.6 is 0 Å². The SMILES string of the molecule is CC(=O)O.CC(C)(O)C1CCC(N)CC1. The van der Waals surface area contributed by atoms with Crippen molar-refractivity contribution in [2.24, 2.45) is 11.7 Å². The molecule has 0 aromatic carbocycles. The maximum Gasteiger partial charge on any atom is 0.300 e. The molecule has 0 aliphatic heterocycles. The van der Waals surface area contributed by atoms with Crippen LogP contribution in [0.5, 0.6) is 0 Å². The first-order valence-electron chi connectivity index (χ1n) is 5.41. The van der Waals surface area contributed by atoms with Gasteiger partial charge in [-0.15, -0.1) is 0 Å². The van der Waals surface area contributed by atoms with Gasteiger partial charge < -0.3 is 15.9 Å². The minimum absolute atomic E-state index is 0.383. The zero-order chi connectivity index (χ0) is 12.1. The molecule has 1 aliphatic rings. The van der Waals surface area contributed by atoms with E-state index in [-0.39, 0.29) is 0 Å². The smallest absolute Gasteiger partial charge is 0.300 e. The first-order valence-corrected chi connectivity index (χ1v) is 5.41. The standard InChI is InChI=1S/C9H19NO.C2H4O2/c1-9(2,11)7-3-5-8(10)6-4-7;1-2(3)4/h7-8,11H,3-6,10H2,1-2H3;1H3,(H,3,4). The van der Waals surface area contributed by atoms with E-state index in [4.69, 9.17) is 15.6 Å². The Balaban J connectivity index is 0.000000423. The molecule has 1 rings (SSSR count). The van der Waals surface area contributed by atoms with Crippen LogP contribution < -0.4 is 5.73 Å². The van der Waals surface area contributed by atoms with Crippen molar-refractivity contribution in [3.05, 3.63) is 0 Å².